The average Bonchev–Trinajstić information content (AvgIpc) is 3.05. The maximum atomic E-state index is 12.4. The van der Waals surface area contributed by atoms with Gasteiger partial charge in [0, 0.05) is 16.9 Å². The number of aromatic nitrogens is 2. The number of carbonyl (C=O) groups excluding carboxylic acids is 1. The number of amides is 1. The van der Waals surface area contributed by atoms with Gasteiger partial charge >= 0.3 is 0 Å². The molecule has 1 saturated heterocycles. The number of nitrogens with zero attached hydrogens (tertiary/aromatic N) is 3. The number of anilines is 1. The van der Waals surface area contributed by atoms with Crippen LogP contribution in [0.1, 0.15) is 18.4 Å². The van der Waals surface area contributed by atoms with Crippen molar-refractivity contribution in [2.75, 3.05) is 24.7 Å². The molecule has 5 nitrogen and oxygen atoms in total. The van der Waals surface area contributed by atoms with Crippen LogP contribution in [0.2, 0.25) is 0 Å². The van der Waals surface area contributed by atoms with Crippen LogP contribution in [0.25, 0.3) is 0 Å². The molecule has 2 heterocycles. The van der Waals surface area contributed by atoms with E-state index in [0.717, 1.165) is 41.3 Å². The minimum atomic E-state index is 0.0628. The second-order valence-electron chi connectivity index (χ2n) is 5.74. The Morgan fingerprint density at radius 1 is 1.33 bits per heavy atom. The van der Waals surface area contributed by atoms with Gasteiger partial charge in [0.1, 0.15) is 0 Å². The molecule has 1 aromatic heterocycles. The minimum Gasteiger partial charge on any atom is -0.300 e. The Kier molecular flexibility index (Phi) is 6.26. The quantitative estimate of drug-likeness (QED) is 0.580. The molecule has 8 heteroatoms. The van der Waals surface area contributed by atoms with Crippen molar-refractivity contribution in [2.24, 2.45) is 5.92 Å². The molecule has 0 spiro atoms. The number of rotatable bonds is 5. The predicted molar refractivity (Wildman–Crippen MR) is 102 cm³/mol. The van der Waals surface area contributed by atoms with Gasteiger partial charge in [-0.2, -0.15) is 0 Å². The van der Waals surface area contributed by atoms with Crippen molar-refractivity contribution >= 4 is 50.1 Å². The van der Waals surface area contributed by atoms with E-state index in [1.807, 2.05) is 6.26 Å². The summed E-state index contributed by atoms with van der Waals surface area (Å²) < 4.78 is 1.97. The number of hydrogen-bond donors (Lipinski definition) is 1. The lowest BCUT2D eigenvalue weighted by Crippen LogP contribution is -2.37. The zero-order valence-electron chi connectivity index (χ0n) is 13.4. The SMILES string of the molecule is CSc1nnc(NC(=O)C2CCN(Cc3ccc(Br)cc3)CC2)s1. The molecule has 0 saturated carbocycles. The van der Waals surface area contributed by atoms with Crippen LogP contribution in [0.4, 0.5) is 5.13 Å². The number of likely N-dealkylation sites (tertiary alicyclic amines) is 1. The smallest absolute Gasteiger partial charge is 0.229 e. The summed E-state index contributed by atoms with van der Waals surface area (Å²) in [5.74, 6) is 0.134. The molecule has 0 atom stereocenters. The highest BCUT2D eigenvalue weighted by Gasteiger charge is 2.25. The Balaban J connectivity index is 1.47. The summed E-state index contributed by atoms with van der Waals surface area (Å²) in [7, 11) is 0. The lowest BCUT2D eigenvalue weighted by Gasteiger charge is -2.31. The number of thioether (sulfide) groups is 1. The molecular formula is C16H19BrN4OS2. The molecule has 1 amide bonds. The van der Waals surface area contributed by atoms with E-state index in [1.165, 1.54) is 28.7 Å². The standard InChI is InChI=1S/C16H19BrN4OS2/c1-23-16-20-19-15(24-16)18-14(22)12-6-8-21(9-7-12)10-11-2-4-13(17)5-3-11/h2-5,12H,6-10H2,1H3,(H,18,19,22). The third kappa shape index (κ3) is 4.78. The summed E-state index contributed by atoms with van der Waals surface area (Å²) in [5.41, 5.74) is 1.31. The highest BCUT2D eigenvalue weighted by molar-refractivity contribution is 9.10. The molecule has 0 bridgehead atoms. The largest absolute Gasteiger partial charge is 0.300 e. The highest BCUT2D eigenvalue weighted by Crippen LogP contribution is 2.25. The fourth-order valence-corrected chi connectivity index (χ4v) is 4.19. The van der Waals surface area contributed by atoms with E-state index in [4.69, 9.17) is 0 Å². The number of halogens is 1. The van der Waals surface area contributed by atoms with E-state index in [1.54, 1.807) is 0 Å². The first-order chi connectivity index (χ1) is 11.6. The summed E-state index contributed by atoms with van der Waals surface area (Å²) in [4.78, 5) is 14.8. The number of carbonyl (C=O) groups is 1. The van der Waals surface area contributed by atoms with Crippen LogP contribution in [-0.2, 0) is 11.3 Å². The van der Waals surface area contributed by atoms with Crippen LogP contribution < -0.4 is 5.32 Å². The molecule has 0 unspecified atom stereocenters. The van der Waals surface area contributed by atoms with Gasteiger partial charge in [-0.15, -0.1) is 10.2 Å². The molecule has 24 heavy (non-hydrogen) atoms. The van der Waals surface area contributed by atoms with Gasteiger partial charge in [-0.1, -0.05) is 51.2 Å². The third-order valence-corrected chi connectivity index (χ3v) is 6.43. The number of hydrogen-bond acceptors (Lipinski definition) is 6. The maximum Gasteiger partial charge on any atom is 0.229 e. The monoisotopic (exact) mass is 426 g/mol. The van der Waals surface area contributed by atoms with E-state index in [9.17, 15) is 4.79 Å². The Bertz CT molecular complexity index is 684. The Hall–Kier alpha value is -0.960. The van der Waals surface area contributed by atoms with E-state index < -0.39 is 0 Å². The van der Waals surface area contributed by atoms with Crippen LogP contribution >= 0.6 is 39.0 Å². The lowest BCUT2D eigenvalue weighted by molar-refractivity contribution is -0.121. The van der Waals surface area contributed by atoms with Crippen molar-refractivity contribution in [3.05, 3.63) is 34.3 Å². The van der Waals surface area contributed by atoms with Crippen LogP contribution in [0.5, 0.6) is 0 Å². The van der Waals surface area contributed by atoms with Crippen molar-refractivity contribution in [2.45, 2.75) is 23.7 Å². The summed E-state index contributed by atoms with van der Waals surface area (Å²) in [6.45, 7) is 2.83. The second kappa shape index (κ2) is 8.42. The fraction of sp³-hybridized carbons (Fsp3) is 0.438. The Morgan fingerprint density at radius 3 is 2.67 bits per heavy atom. The number of nitrogens with one attached hydrogen (secondary N) is 1. The van der Waals surface area contributed by atoms with E-state index >= 15 is 0 Å². The van der Waals surface area contributed by atoms with Gasteiger partial charge in [0.05, 0.1) is 0 Å². The van der Waals surface area contributed by atoms with Gasteiger partial charge < -0.3 is 5.32 Å². The van der Waals surface area contributed by atoms with Crippen molar-refractivity contribution in [3.8, 4) is 0 Å². The zero-order chi connectivity index (χ0) is 16.9. The average molecular weight is 427 g/mol. The molecular weight excluding hydrogens is 408 g/mol. The summed E-state index contributed by atoms with van der Waals surface area (Å²) in [5, 5.41) is 11.5. The number of piperidine rings is 1. The minimum absolute atomic E-state index is 0.0628. The van der Waals surface area contributed by atoms with Crippen LogP contribution in [0.15, 0.2) is 33.1 Å². The molecule has 0 aliphatic carbocycles. The van der Waals surface area contributed by atoms with Gasteiger partial charge in [-0.25, -0.2) is 0 Å². The highest BCUT2D eigenvalue weighted by atomic mass is 79.9. The fourth-order valence-electron chi connectivity index (χ4n) is 2.75. The Labute approximate surface area is 158 Å². The lowest BCUT2D eigenvalue weighted by atomic mass is 9.95. The van der Waals surface area contributed by atoms with Gasteiger partial charge in [-0.05, 0) is 49.9 Å². The molecule has 1 aliphatic heterocycles. The first kappa shape index (κ1) is 17.8. The predicted octanol–water partition coefficient (Wildman–Crippen LogP) is 3.87. The molecule has 1 aromatic carbocycles. The molecule has 0 radical (unpaired) electrons. The second-order valence-corrected chi connectivity index (χ2v) is 8.69. The van der Waals surface area contributed by atoms with E-state index in [0.29, 0.717) is 5.13 Å². The molecule has 128 valence electrons. The maximum absolute atomic E-state index is 12.4. The molecule has 2 aromatic rings. The topological polar surface area (TPSA) is 58.1 Å². The van der Waals surface area contributed by atoms with Gasteiger partial charge in [0.15, 0.2) is 4.34 Å². The summed E-state index contributed by atoms with van der Waals surface area (Å²) >= 11 is 6.42. The first-order valence-electron chi connectivity index (χ1n) is 7.79. The van der Waals surface area contributed by atoms with Crippen molar-refractivity contribution < 1.29 is 4.79 Å². The van der Waals surface area contributed by atoms with E-state index in [2.05, 4.69) is 60.6 Å². The van der Waals surface area contributed by atoms with Crippen molar-refractivity contribution in [1.82, 2.24) is 15.1 Å². The molecule has 1 N–H and O–H groups in total. The van der Waals surface area contributed by atoms with Crippen molar-refractivity contribution in [3.63, 3.8) is 0 Å². The molecule has 1 fully saturated rings. The molecule has 1 aliphatic rings. The van der Waals surface area contributed by atoms with E-state index in [-0.39, 0.29) is 11.8 Å². The third-order valence-electron chi connectivity index (χ3n) is 4.09. The van der Waals surface area contributed by atoms with Crippen LogP contribution in [0, 0.1) is 5.92 Å². The normalized spacial score (nSPS) is 16.2. The Morgan fingerprint density at radius 2 is 2.04 bits per heavy atom. The summed E-state index contributed by atoms with van der Waals surface area (Å²) in [6.07, 6.45) is 3.72. The van der Waals surface area contributed by atoms with Crippen LogP contribution in [-0.4, -0.2) is 40.3 Å². The number of benzene rings is 1. The van der Waals surface area contributed by atoms with Crippen molar-refractivity contribution in [1.29, 1.82) is 0 Å². The van der Waals surface area contributed by atoms with Crippen LogP contribution in [0.3, 0.4) is 0 Å². The van der Waals surface area contributed by atoms with Gasteiger partial charge in [0.25, 0.3) is 0 Å². The molecule has 3 rings (SSSR count). The summed E-state index contributed by atoms with van der Waals surface area (Å²) in [6, 6.07) is 8.42. The zero-order valence-corrected chi connectivity index (χ0v) is 16.6. The van der Waals surface area contributed by atoms with Gasteiger partial charge in [0.2, 0.25) is 11.0 Å². The van der Waals surface area contributed by atoms with Gasteiger partial charge in [-0.3, -0.25) is 9.69 Å². The first-order valence-corrected chi connectivity index (χ1v) is 10.6.